The Bertz CT molecular complexity index is 319. The maximum absolute atomic E-state index is 5.20. The normalized spacial score (nSPS) is 10.9. The van der Waals surface area contributed by atoms with E-state index in [-0.39, 0.29) is 0 Å². The minimum atomic E-state index is 0.769. The van der Waals surface area contributed by atoms with Gasteiger partial charge in [0, 0.05) is 5.75 Å². The minimum Gasteiger partial charge on any atom is -0.497 e. The van der Waals surface area contributed by atoms with Gasteiger partial charge < -0.3 is 4.74 Å². The Morgan fingerprint density at radius 2 is 1.86 bits per heavy atom. The van der Waals surface area contributed by atoms with E-state index in [2.05, 4.69) is 32.6 Å². The smallest absolute Gasteiger partial charge is 0.119 e. The lowest BCUT2D eigenvalue weighted by molar-refractivity contribution is 0.414. The van der Waals surface area contributed by atoms with Crippen LogP contribution in [0.3, 0.4) is 0 Å². The number of thiol groups is 1. The van der Waals surface area contributed by atoms with Crippen LogP contribution in [0.25, 0.3) is 6.08 Å². The van der Waals surface area contributed by atoms with E-state index in [0.29, 0.717) is 0 Å². The second kappa shape index (κ2) is 5.11. The lowest BCUT2D eigenvalue weighted by atomic mass is 10.0. The number of ether oxygens (including phenoxy) is 1. The fourth-order valence-electron chi connectivity index (χ4n) is 1.49. The molecule has 0 atom stereocenters. The standard InChI is InChI=1S/C12H16OS/c1-9-7-11(13-3)8-10(2)12(9)5-4-6-14/h4-5,7-8,14H,6H2,1-3H3. The summed E-state index contributed by atoms with van der Waals surface area (Å²) in [5, 5.41) is 0. The molecule has 0 saturated heterocycles. The molecule has 1 aromatic rings. The fraction of sp³-hybridized carbons (Fsp3) is 0.333. The molecule has 0 spiro atoms. The molecular formula is C12H16OS. The average Bonchev–Trinajstić information content (AvgIpc) is 2.16. The molecule has 0 aliphatic carbocycles. The number of rotatable bonds is 3. The number of hydrogen-bond acceptors (Lipinski definition) is 2. The minimum absolute atomic E-state index is 0.769. The summed E-state index contributed by atoms with van der Waals surface area (Å²) in [4.78, 5) is 0. The number of benzene rings is 1. The van der Waals surface area contributed by atoms with Crippen molar-refractivity contribution in [3.63, 3.8) is 0 Å². The van der Waals surface area contributed by atoms with Crippen molar-refractivity contribution >= 4 is 18.7 Å². The van der Waals surface area contributed by atoms with Crippen molar-refractivity contribution in [3.8, 4) is 5.75 Å². The van der Waals surface area contributed by atoms with Gasteiger partial charge in [0.2, 0.25) is 0 Å². The second-order valence-electron chi connectivity index (χ2n) is 3.26. The monoisotopic (exact) mass is 208 g/mol. The van der Waals surface area contributed by atoms with Gasteiger partial charge in [-0.2, -0.15) is 12.6 Å². The molecule has 1 nitrogen and oxygen atoms in total. The molecule has 1 aromatic carbocycles. The molecule has 0 aliphatic rings. The molecule has 0 fully saturated rings. The van der Waals surface area contributed by atoms with Gasteiger partial charge in [-0.05, 0) is 42.7 Å². The third kappa shape index (κ3) is 2.55. The largest absolute Gasteiger partial charge is 0.497 e. The van der Waals surface area contributed by atoms with Gasteiger partial charge in [0.15, 0.2) is 0 Å². The lowest BCUT2D eigenvalue weighted by Crippen LogP contribution is -1.90. The summed E-state index contributed by atoms with van der Waals surface area (Å²) in [7, 11) is 1.69. The molecule has 76 valence electrons. The first-order valence-electron chi connectivity index (χ1n) is 4.61. The predicted molar refractivity (Wildman–Crippen MR) is 65.4 cm³/mol. The van der Waals surface area contributed by atoms with Crippen LogP contribution < -0.4 is 4.74 Å². The number of aryl methyl sites for hydroxylation is 2. The van der Waals surface area contributed by atoms with Crippen molar-refractivity contribution in [1.29, 1.82) is 0 Å². The number of methoxy groups -OCH3 is 1. The first kappa shape index (κ1) is 11.2. The molecule has 14 heavy (non-hydrogen) atoms. The SMILES string of the molecule is COc1cc(C)c(C=CCS)c(C)c1. The molecule has 0 saturated carbocycles. The third-order valence-corrected chi connectivity index (χ3v) is 2.40. The Balaban J connectivity index is 3.11. The Kier molecular flexibility index (Phi) is 4.08. The highest BCUT2D eigenvalue weighted by Crippen LogP contribution is 2.22. The van der Waals surface area contributed by atoms with E-state index in [9.17, 15) is 0 Å². The Hall–Kier alpha value is -0.890. The quantitative estimate of drug-likeness (QED) is 0.750. The summed E-state index contributed by atoms with van der Waals surface area (Å²) in [6.07, 6.45) is 4.15. The van der Waals surface area contributed by atoms with Crippen molar-refractivity contribution in [2.75, 3.05) is 12.9 Å². The van der Waals surface area contributed by atoms with Gasteiger partial charge in [-0.1, -0.05) is 12.2 Å². The molecule has 1 rings (SSSR count). The van der Waals surface area contributed by atoms with E-state index in [0.717, 1.165) is 11.5 Å². The molecule has 0 aromatic heterocycles. The summed E-state index contributed by atoms with van der Waals surface area (Å²) >= 11 is 4.15. The molecule has 0 heterocycles. The maximum atomic E-state index is 5.20. The van der Waals surface area contributed by atoms with Crippen molar-refractivity contribution in [1.82, 2.24) is 0 Å². The lowest BCUT2D eigenvalue weighted by Gasteiger charge is -2.08. The van der Waals surface area contributed by atoms with Crippen LogP contribution in [0, 0.1) is 13.8 Å². The third-order valence-electron chi connectivity index (χ3n) is 2.19. The zero-order chi connectivity index (χ0) is 10.6. The second-order valence-corrected chi connectivity index (χ2v) is 3.62. The number of hydrogen-bond donors (Lipinski definition) is 1. The van der Waals surface area contributed by atoms with E-state index >= 15 is 0 Å². The summed E-state index contributed by atoms with van der Waals surface area (Å²) < 4.78 is 5.20. The molecule has 0 aliphatic heterocycles. The van der Waals surface area contributed by atoms with Crippen molar-refractivity contribution < 1.29 is 4.74 Å². The van der Waals surface area contributed by atoms with Crippen molar-refractivity contribution in [2.45, 2.75) is 13.8 Å². The summed E-state index contributed by atoms with van der Waals surface area (Å²) in [5.74, 6) is 1.69. The van der Waals surface area contributed by atoms with Gasteiger partial charge in [0.1, 0.15) is 5.75 Å². The van der Waals surface area contributed by atoms with Crippen LogP contribution in [0.1, 0.15) is 16.7 Å². The van der Waals surface area contributed by atoms with E-state index in [1.54, 1.807) is 7.11 Å². The van der Waals surface area contributed by atoms with Crippen LogP contribution in [0.2, 0.25) is 0 Å². The predicted octanol–water partition coefficient (Wildman–Crippen LogP) is 3.26. The zero-order valence-corrected chi connectivity index (χ0v) is 9.77. The molecular weight excluding hydrogens is 192 g/mol. The van der Waals surface area contributed by atoms with Crippen LogP contribution in [-0.4, -0.2) is 12.9 Å². The topological polar surface area (TPSA) is 9.23 Å². The van der Waals surface area contributed by atoms with Crippen LogP contribution in [0.15, 0.2) is 18.2 Å². The maximum Gasteiger partial charge on any atom is 0.119 e. The van der Waals surface area contributed by atoms with Gasteiger partial charge in [-0.15, -0.1) is 0 Å². The van der Waals surface area contributed by atoms with Gasteiger partial charge >= 0.3 is 0 Å². The van der Waals surface area contributed by atoms with Crippen LogP contribution >= 0.6 is 12.6 Å². The summed E-state index contributed by atoms with van der Waals surface area (Å²) in [6, 6.07) is 4.09. The molecule has 0 bridgehead atoms. The first-order valence-corrected chi connectivity index (χ1v) is 5.25. The average molecular weight is 208 g/mol. The highest BCUT2D eigenvalue weighted by Gasteiger charge is 2.01. The van der Waals surface area contributed by atoms with Gasteiger partial charge in [0.25, 0.3) is 0 Å². The van der Waals surface area contributed by atoms with Gasteiger partial charge in [-0.25, -0.2) is 0 Å². The Labute approximate surface area is 91.2 Å². The van der Waals surface area contributed by atoms with Crippen molar-refractivity contribution in [3.05, 3.63) is 34.9 Å². The zero-order valence-electron chi connectivity index (χ0n) is 8.87. The van der Waals surface area contributed by atoms with Gasteiger partial charge in [-0.3, -0.25) is 0 Å². The fourth-order valence-corrected chi connectivity index (χ4v) is 1.59. The van der Waals surface area contributed by atoms with E-state index in [1.807, 2.05) is 18.2 Å². The molecule has 0 N–H and O–H groups in total. The molecule has 0 unspecified atom stereocenters. The van der Waals surface area contributed by atoms with E-state index in [4.69, 9.17) is 4.74 Å². The highest BCUT2D eigenvalue weighted by molar-refractivity contribution is 7.80. The van der Waals surface area contributed by atoms with Crippen LogP contribution in [-0.2, 0) is 0 Å². The Morgan fingerprint density at radius 1 is 1.29 bits per heavy atom. The van der Waals surface area contributed by atoms with E-state index < -0.39 is 0 Å². The summed E-state index contributed by atoms with van der Waals surface area (Å²) in [5.41, 5.74) is 3.74. The van der Waals surface area contributed by atoms with Crippen molar-refractivity contribution in [2.24, 2.45) is 0 Å². The van der Waals surface area contributed by atoms with Gasteiger partial charge in [0.05, 0.1) is 7.11 Å². The van der Waals surface area contributed by atoms with E-state index in [1.165, 1.54) is 16.7 Å². The molecule has 0 radical (unpaired) electrons. The van der Waals surface area contributed by atoms with Crippen LogP contribution in [0.4, 0.5) is 0 Å². The molecule has 0 amide bonds. The van der Waals surface area contributed by atoms with Crippen LogP contribution in [0.5, 0.6) is 5.75 Å². The first-order chi connectivity index (χ1) is 6.69. The summed E-state index contributed by atoms with van der Waals surface area (Å²) in [6.45, 7) is 4.18. The highest BCUT2D eigenvalue weighted by atomic mass is 32.1. The Morgan fingerprint density at radius 3 is 2.29 bits per heavy atom. The molecule has 2 heteroatoms.